The maximum Gasteiger partial charge on any atom is 0.0266 e. The van der Waals surface area contributed by atoms with Crippen molar-refractivity contribution in [2.75, 3.05) is 19.3 Å². The molecule has 1 N–H and O–H groups in total. The van der Waals surface area contributed by atoms with E-state index < -0.39 is 0 Å². The van der Waals surface area contributed by atoms with Crippen LogP contribution in [0.2, 0.25) is 0 Å². The first-order valence-corrected chi connectivity index (χ1v) is 5.59. The van der Waals surface area contributed by atoms with Crippen molar-refractivity contribution in [3.8, 4) is 0 Å². The molecule has 66 valence electrons. The summed E-state index contributed by atoms with van der Waals surface area (Å²) < 4.78 is 1.33. The molecule has 11 heavy (non-hydrogen) atoms. The van der Waals surface area contributed by atoms with Crippen molar-refractivity contribution in [3.63, 3.8) is 0 Å². The number of hydrogen-bond acceptors (Lipinski definition) is 2. The number of halogens is 1. The van der Waals surface area contributed by atoms with Crippen molar-refractivity contribution in [2.45, 2.75) is 18.6 Å². The lowest BCUT2D eigenvalue weighted by molar-refractivity contribution is 0.620. The van der Waals surface area contributed by atoms with Crippen molar-refractivity contribution in [3.05, 3.63) is 11.1 Å². The van der Waals surface area contributed by atoms with Crippen LogP contribution in [0.15, 0.2) is 11.1 Å². The second-order valence-corrected chi connectivity index (χ2v) is 5.72. The van der Waals surface area contributed by atoms with Gasteiger partial charge in [0.15, 0.2) is 0 Å². The Labute approximate surface area is 82.1 Å². The van der Waals surface area contributed by atoms with Crippen molar-refractivity contribution in [1.82, 2.24) is 5.32 Å². The highest BCUT2D eigenvalue weighted by Crippen LogP contribution is 2.19. The van der Waals surface area contributed by atoms with Gasteiger partial charge in [-0.2, -0.15) is 11.8 Å². The van der Waals surface area contributed by atoms with E-state index in [0.717, 1.165) is 17.6 Å². The van der Waals surface area contributed by atoms with Crippen LogP contribution in [-0.4, -0.2) is 24.1 Å². The molecule has 0 amide bonds. The van der Waals surface area contributed by atoms with E-state index in [1.165, 1.54) is 0 Å². The highest BCUT2D eigenvalue weighted by molar-refractivity contribution is 9.11. The van der Waals surface area contributed by atoms with Gasteiger partial charge in [-0.3, -0.25) is 0 Å². The minimum atomic E-state index is 0.322. The summed E-state index contributed by atoms with van der Waals surface area (Å²) in [5.74, 6) is 0. The van der Waals surface area contributed by atoms with Gasteiger partial charge < -0.3 is 5.32 Å². The fourth-order valence-electron chi connectivity index (χ4n) is 0.571. The third-order valence-corrected chi connectivity index (χ3v) is 2.95. The summed E-state index contributed by atoms with van der Waals surface area (Å²) in [6.45, 7) is 10.1. The normalized spacial score (nSPS) is 11.6. The van der Waals surface area contributed by atoms with Crippen LogP contribution in [0.4, 0.5) is 0 Å². The molecule has 0 aromatic rings. The van der Waals surface area contributed by atoms with Crippen molar-refractivity contribution >= 4 is 27.7 Å². The highest BCUT2D eigenvalue weighted by atomic mass is 79.9. The molecule has 0 bridgehead atoms. The third-order valence-electron chi connectivity index (χ3n) is 1.42. The van der Waals surface area contributed by atoms with Gasteiger partial charge in [-0.15, -0.1) is 0 Å². The minimum Gasteiger partial charge on any atom is -0.311 e. The summed E-state index contributed by atoms with van der Waals surface area (Å²) in [7, 11) is 0. The van der Waals surface area contributed by atoms with Crippen LogP contribution < -0.4 is 5.32 Å². The molecule has 0 heterocycles. The molecule has 0 aromatic heterocycles. The van der Waals surface area contributed by atoms with Crippen LogP contribution in [0.3, 0.4) is 0 Å². The second-order valence-electron chi connectivity index (χ2n) is 3.08. The Hall–Kier alpha value is 0.530. The smallest absolute Gasteiger partial charge is 0.0266 e. The molecule has 0 atom stereocenters. The fourth-order valence-corrected chi connectivity index (χ4v) is 1.02. The summed E-state index contributed by atoms with van der Waals surface area (Å²) in [5, 5.41) is 3.31. The topological polar surface area (TPSA) is 12.0 Å². The zero-order chi connectivity index (χ0) is 8.91. The molecule has 0 aliphatic heterocycles. The number of rotatable bonds is 5. The molecule has 0 rings (SSSR count). The lowest BCUT2D eigenvalue weighted by atomic mass is 10.2. The summed E-state index contributed by atoms with van der Waals surface area (Å²) in [6, 6.07) is 0. The molecule has 0 aliphatic rings. The van der Waals surface area contributed by atoms with Gasteiger partial charge in [-0.25, -0.2) is 0 Å². The Morgan fingerprint density at radius 3 is 2.55 bits per heavy atom. The zero-order valence-corrected chi connectivity index (χ0v) is 9.81. The van der Waals surface area contributed by atoms with E-state index in [-0.39, 0.29) is 0 Å². The largest absolute Gasteiger partial charge is 0.311 e. The SMILES string of the molecule is C=C(Br)CNCC(C)(C)SC. The molecule has 0 aromatic carbocycles. The van der Waals surface area contributed by atoms with Crippen LogP contribution in [-0.2, 0) is 0 Å². The van der Waals surface area contributed by atoms with Crippen molar-refractivity contribution in [1.29, 1.82) is 0 Å². The Morgan fingerprint density at radius 1 is 1.64 bits per heavy atom. The van der Waals surface area contributed by atoms with E-state index in [2.05, 4.69) is 47.9 Å². The summed E-state index contributed by atoms with van der Waals surface area (Å²) in [4.78, 5) is 0. The first-order valence-electron chi connectivity index (χ1n) is 3.57. The van der Waals surface area contributed by atoms with E-state index in [1.54, 1.807) is 0 Å². The van der Waals surface area contributed by atoms with Gasteiger partial charge in [0.05, 0.1) is 0 Å². The molecule has 0 unspecified atom stereocenters. The van der Waals surface area contributed by atoms with Gasteiger partial charge >= 0.3 is 0 Å². The van der Waals surface area contributed by atoms with E-state index in [4.69, 9.17) is 0 Å². The van der Waals surface area contributed by atoms with Gasteiger partial charge in [-0.1, -0.05) is 22.5 Å². The summed E-state index contributed by atoms with van der Waals surface area (Å²) in [6.07, 6.45) is 2.13. The molecular weight excluding hydrogens is 222 g/mol. The van der Waals surface area contributed by atoms with E-state index in [9.17, 15) is 0 Å². The average molecular weight is 238 g/mol. The van der Waals surface area contributed by atoms with Gasteiger partial charge in [0, 0.05) is 22.3 Å². The Kier molecular flexibility index (Phi) is 5.48. The van der Waals surface area contributed by atoms with Gasteiger partial charge in [0.25, 0.3) is 0 Å². The van der Waals surface area contributed by atoms with Crippen LogP contribution in [0.25, 0.3) is 0 Å². The molecule has 0 spiro atoms. The summed E-state index contributed by atoms with van der Waals surface area (Å²) in [5.41, 5.74) is 0. The van der Waals surface area contributed by atoms with Gasteiger partial charge in [-0.05, 0) is 20.1 Å². The molecule has 1 nitrogen and oxygen atoms in total. The maximum absolute atomic E-state index is 3.75. The lowest BCUT2D eigenvalue weighted by Crippen LogP contribution is -2.32. The van der Waals surface area contributed by atoms with Crippen LogP contribution in [0.1, 0.15) is 13.8 Å². The third kappa shape index (κ3) is 6.91. The predicted octanol–water partition coefficient (Wildman–Crippen LogP) is 2.63. The first-order chi connectivity index (χ1) is 4.98. The molecule has 3 heteroatoms. The fraction of sp³-hybridized carbons (Fsp3) is 0.750. The molecule has 0 radical (unpaired) electrons. The van der Waals surface area contributed by atoms with Crippen LogP contribution >= 0.6 is 27.7 Å². The second kappa shape index (κ2) is 5.22. The van der Waals surface area contributed by atoms with E-state index in [1.807, 2.05) is 11.8 Å². The minimum absolute atomic E-state index is 0.322. The molecule has 0 fully saturated rings. The van der Waals surface area contributed by atoms with E-state index in [0.29, 0.717) is 4.75 Å². The molecule has 0 saturated heterocycles. The molecular formula is C8H16BrNS. The number of hydrogen-bond donors (Lipinski definition) is 1. The highest BCUT2D eigenvalue weighted by Gasteiger charge is 2.14. The predicted molar refractivity (Wildman–Crippen MR) is 58.5 cm³/mol. The monoisotopic (exact) mass is 237 g/mol. The average Bonchev–Trinajstić information content (AvgIpc) is 1.87. The number of thioether (sulfide) groups is 1. The van der Waals surface area contributed by atoms with Crippen molar-refractivity contribution in [2.24, 2.45) is 0 Å². The Morgan fingerprint density at radius 2 is 2.18 bits per heavy atom. The van der Waals surface area contributed by atoms with Crippen LogP contribution in [0, 0.1) is 0 Å². The Balaban J connectivity index is 3.45. The van der Waals surface area contributed by atoms with Crippen molar-refractivity contribution < 1.29 is 0 Å². The quantitative estimate of drug-likeness (QED) is 0.790. The standard InChI is InChI=1S/C8H16BrNS/c1-7(9)5-10-6-8(2,3)11-4/h10H,1,5-6H2,2-4H3. The maximum atomic E-state index is 3.75. The lowest BCUT2D eigenvalue weighted by Gasteiger charge is -2.22. The molecule has 0 aliphatic carbocycles. The molecule has 0 saturated carbocycles. The van der Waals surface area contributed by atoms with Gasteiger partial charge in [0.1, 0.15) is 0 Å². The summed E-state index contributed by atoms with van der Waals surface area (Å²) >= 11 is 5.17. The van der Waals surface area contributed by atoms with Crippen LogP contribution in [0.5, 0.6) is 0 Å². The zero-order valence-electron chi connectivity index (χ0n) is 7.41. The first kappa shape index (κ1) is 11.5. The van der Waals surface area contributed by atoms with Gasteiger partial charge in [0.2, 0.25) is 0 Å². The van der Waals surface area contributed by atoms with E-state index >= 15 is 0 Å². The number of nitrogens with one attached hydrogen (secondary N) is 1. The Bertz CT molecular complexity index is 134.